The number of halogens is 1. The third kappa shape index (κ3) is 4.19. The molecule has 1 aromatic carbocycles. The molecule has 1 aliphatic heterocycles. The quantitative estimate of drug-likeness (QED) is 0.482. The minimum Gasteiger partial charge on any atom is -0.486 e. The normalized spacial score (nSPS) is 13.2. The second-order valence-electron chi connectivity index (χ2n) is 4.66. The van der Waals surface area contributed by atoms with Crippen LogP contribution in [0.3, 0.4) is 0 Å². The molecular formula is C15H14ClN3O3S2. The zero-order valence-electron chi connectivity index (χ0n) is 12.7. The molecule has 1 aliphatic rings. The van der Waals surface area contributed by atoms with E-state index in [-0.39, 0.29) is 5.91 Å². The number of hydrogen-bond acceptors (Lipinski definition) is 7. The lowest BCUT2D eigenvalue weighted by atomic mass is 10.1. The van der Waals surface area contributed by atoms with Crippen molar-refractivity contribution in [3.8, 4) is 11.5 Å². The topological polar surface area (TPSA) is 73.3 Å². The first-order valence-corrected chi connectivity index (χ1v) is 9.38. The molecule has 0 spiro atoms. The molecule has 0 saturated heterocycles. The monoisotopic (exact) mass is 383 g/mol. The summed E-state index contributed by atoms with van der Waals surface area (Å²) in [6.07, 6.45) is 3.07. The van der Waals surface area contributed by atoms with Gasteiger partial charge in [-0.25, -0.2) is 0 Å². The lowest BCUT2D eigenvalue weighted by molar-refractivity contribution is -0.111. The maximum absolute atomic E-state index is 12.0. The fourth-order valence-corrected chi connectivity index (χ4v) is 3.91. The maximum atomic E-state index is 12.0. The summed E-state index contributed by atoms with van der Waals surface area (Å²) in [7, 11) is 0. The lowest BCUT2D eigenvalue weighted by Crippen LogP contribution is -2.15. The minimum absolute atomic E-state index is 0.287. The highest BCUT2D eigenvalue weighted by Crippen LogP contribution is 2.38. The first-order chi connectivity index (χ1) is 11.7. The fraction of sp³-hybridized carbons (Fsp3) is 0.267. The summed E-state index contributed by atoms with van der Waals surface area (Å²) in [6.45, 7) is 2.99. The number of thioether (sulfide) groups is 1. The second kappa shape index (κ2) is 7.87. The molecule has 1 amide bonds. The van der Waals surface area contributed by atoms with Crippen LogP contribution < -0.4 is 14.8 Å². The first kappa shape index (κ1) is 17.1. The predicted octanol–water partition coefficient (Wildman–Crippen LogP) is 3.73. The lowest BCUT2D eigenvalue weighted by Gasteiger charge is -2.19. The van der Waals surface area contributed by atoms with E-state index in [4.69, 9.17) is 21.1 Å². The number of nitrogens with zero attached hydrogens (tertiary/aromatic N) is 2. The average Bonchev–Trinajstić information content (AvgIpc) is 3.00. The fourth-order valence-electron chi connectivity index (χ4n) is 1.99. The smallest absolute Gasteiger partial charge is 0.250 e. The molecule has 0 fully saturated rings. The predicted molar refractivity (Wildman–Crippen MR) is 96.4 cm³/mol. The number of ether oxygens (including phenoxy) is 2. The van der Waals surface area contributed by atoms with Crippen molar-refractivity contribution in [2.45, 2.75) is 11.3 Å². The van der Waals surface area contributed by atoms with Crippen LogP contribution in [0, 0.1) is 0 Å². The van der Waals surface area contributed by atoms with Gasteiger partial charge < -0.3 is 9.47 Å². The van der Waals surface area contributed by atoms with E-state index in [0.29, 0.717) is 34.9 Å². The molecular weight excluding hydrogens is 370 g/mol. The molecule has 9 heteroatoms. The van der Waals surface area contributed by atoms with Crippen molar-refractivity contribution >= 4 is 51.8 Å². The first-order valence-electron chi connectivity index (χ1n) is 7.20. The second-order valence-corrected chi connectivity index (χ2v) is 7.55. The Bertz CT molecular complexity index is 779. The zero-order chi connectivity index (χ0) is 16.9. The third-order valence-corrected chi connectivity index (χ3v) is 5.09. The molecule has 0 aliphatic carbocycles. The third-order valence-electron chi connectivity index (χ3n) is 2.95. The van der Waals surface area contributed by atoms with Gasteiger partial charge in [0.1, 0.15) is 13.2 Å². The number of aromatic nitrogens is 2. The van der Waals surface area contributed by atoms with Gasteiger partial charge in [0.2, 0.25) is 11.0 Å². The van der Waals surface area contributed by atoms with Crippen molar-refractivity contribution in [1.82, 2.24) is 10.2 Å². The van der Waals surface area contributed by atoms with Gasteiger partial charge in [0.15, 0.2) is 15.8 Å². The van der Waals surface area contributed by atoms with Gasteiger partial charge in [0, 0.05) is 6.08 Å². The van der Waals surface area contributed by atoms with Gasteiger partial charge in [-0.05, 0) is 29.5 Å². The SMILES string of the molecule is CCSc1nnc(NC(=O)/C=C/c2cc(Cl)c3c(c2)OCCO3)s1. The Balaban J connectivity index is 1.66. The van der Waals surface area contributed by atoms with Crippen LogP contribution in [0.15, 0.2) is 22.5 Å². The van der Waals surface area contributed by atoms with Crippen molar-refractivity contribution in [3.63, 3.8) is 0 Å². The van der Waals surface area contributed by atoms with Gasteiger partial charge in [0.05, 0.1) is 5.02 Å². The van der Waals surface area contributed by atoms with Crippen molar-refractivity contribution < 1.29 is 14.3 Å². The molecule has 0 radical (unpaired) electrons. The van der Waals surface area contributed by atoms with Crippen LogP contribution in [0.2, 0.25) is 5.02 Å². The number of carbonyl (C=O) groups is 1. The van der Waals surface area contributed by atoms with Crippen molar-refractivity contribution in [3.05, 3.63) is 28.8 Å². The van der Waals surface area contributed by atoms with Gasteiger partial charge in [-0.15, -0.1) is 10.2 Å². The highest BCUT2D eigenvalue weighted by atomic mass is 35.5. The van der Waals surface area contributed by atoms with E-state index in [9.17, 15) is 4.79 Å². The summed E-state index contributed by atoms with van der Waals surface area (Å²) >= 11 is 9.10. The van der Waals surface area contributed by atoms with Gasteiger partial charge in [-0.2, -0.15) is 0 Å². The van der Waals surface area contributed by atoms with Crippen molar-refractivity contribution in [1.29, 1.82) is 0 Å². The number of fused-ring (bicyclic) bond motifs is 1. The summed E-state index contributed by atoms with van der Waals surface area (Å²) in [5.74, 6) is 1.75. The highest BCUT2D eigenvalue weighted by Gasteiger charge is 2.16. The molecule has 2 heterocycles. The molecule has 0 atom stereocenters. The van der Waals surface area contributed by atoms with E-state index in [2.05, 4.69) is 15.5 Å². The van der Waals surface area contributed by atoms with Gasteiger partial charge >= 0.3 is 0 Å². The van der Waals surface area contributed by atoms with E-state index in [1.807, 2.05) is 6.92 Å². The van der Waals surface area contributed by atoms with E-state index < -0.39 is 0 Å². The Kier molecular flexibility index (Phi) is 5.60. The van der Waals surface area contributed by atoms with Crippen LogP contribution in [0.5, 0.6) is 11.5 Å². The Morgan fingerprint density at radius 1 is 1.42 bits per heavy atom. The van der Waals surface area contributed by atoms with E-state index >= 15 is 0 Å². The molecule has 6 nitrogen and oxygen atoms in total. The number of hydrogen-bond donors (Lipinski definition) is 1. The number of amides is 1. The van der Waals surface area contributed by atoms with Crippen molar-refractivity contribution in [2.24, 2.45) is 0 Å². The number of benzene rings is 1. The van der Waals surface area contributed by atoms with Crippen LogP contribution in [-0.4, -0.2) is 35.1 Å². The van der Waals surface area contributed by atoms with E-state index in [1.54, 1.807) is 30.0 Å². The molecule has 126 valence electrons. The van der Waals surface area contributed by atoms with Crippen molar-refractivity contribution in [2.75, 3.05) is 24.3 Å². The van der Waals surface area contributed by atoms with Crippen LogP contribution in [0.1, 0.15) is 12.5 Å². The number of carbonyl (C=O) groups excluding carboxylic acids is 1. The van der Waals surface area contributed by atoms with Crippen LogP contribution in [0.25, 0.3) is 6.08 Å². The van der Waals surface area contributed by atoms with Gasteiger partial charge in [-0.3, -0.25) is 10.1 Å². The number of nitrogens with one attached hydrogen (secondary N) is 1. The molecule has 24 heavy (non-hydrogen) atoms. The van der Waals surface area contributed by atoms with Crippen LogP contribution in [0.4, 0.5) is 5.13 Å². The maximum Gasteiger partial charge on any atom is 0.250 e. The minimum atomic E-state index is -0.287. The summed E-state index contributed by atoms with van der Waals surface area (Å²) in [4.78, 5) is 12.0. The Labute approximate surface area is 152 Å². The number of rotatable bonds is 5. The molecule has 2 aromatic rings. The van der Waals surface area contributed by atoms with Gasteiger partial charge in [-0.1, -0.05) is 41.6 Å². The molecule has 0 bridgehead atoms. The molecule has 3 rings (SSSR count). The standard InChI is InChI=1S/C15H14ClN3O3S2/c1-2-23-15-19-18-14(24-15)17-12(20)4-3-9-7-10(16)13-11(8-9)21-5-6-22-13/h3-4,7-8H,2,5-6H2,1H3,(H,17,18,20)/b4-3+. The van der Waals surface area contributed by atoms with E-state index in [0.717, 1.165) is 15.7 Å². The molecule has 0 unspecified atom stereocenters. The Hall–Kier alpha value is -1.77. The summed E-state index contributed by atoms with van der Waals surface area (Å²) in [5, 5.41) is 11.5. The average molecular weight is 384 g/mol. The number of anilines is 1. The summed E-state index contributed by atoms with van der Waals surface area (Å²) in [5.41, 5.74) is 0.749. The van der Waals surface area contributed by atoms with Crippen LogP contribution >= 0.6 is 34.7 Å². The van der Waals surface area contributed by atoms with E-state index in [1.165, 1.54) is 17.4 Å². The van der Waals surface area contributed by atoms with Crippen LogP contribution in [-0.2, 0) is 4.79 Å². The summed E-state index contributed by atoms with van der Waals surface area (Å²) in [6, 6.07) is 3.50. The Morgan fingerprint density at radius 2 is 2.25 bits per heavy atom. The molecule has 1 N–H and O–H groups in total. The summed E-state index contributed by atoms with van der Waals surface area (Å²) < 4.78 is 11.8. The zero-order valence-corrected chi connectivity index (χ0v) is 15.1. The Morgan fingerprint density at radius 3 is 3.08 bits per heavy atom. The largest absolute Gasteiger partial charge is 0.486 e. The highest BCUT2D eigenvalue weighted by molar-refractivity contribution is 8.01. The molecule has 1 aromatic heterocycles. The van der Waals surface area contributed by atoms with Gasteiger partial charge in [0.25, 0.3) is 0 Å². The molecule has 0 saturated carbocycles.